The van der Waals surface area contributed by atoms with E-state index in [1.807, 2.05) is 19.2 Å². The SMILES string of the molecule is CN=C(NCc1ccc(OC)c(OC)c1OC)N1CCC(C)CC1. The van der Waals surface area contributed by atoms with Gasteiger partial charge < -0.3 is 24.4 Å². The van der Waals surface area contributed by atoms with Crippen LogP contribution in [-0.4, -0.2) is 52.3 Å². The second kappa shape index (κ2) is 8.66. The molecule has 0 aliphatic carbocycles. The lowest BCUT2D eigenvalue weighted by atomic mass is 9.99. The van der Waals surface area contributed by atoms with Gasteiger partial charge in [0.1, 0.15) is 0 Å². The summed E-state index contributed by atoms with van der Waals surface area (Å²) in [5.41, 5.74) is 1.00. The highest BCUT2D eigenvalue weighted by Gasteiger charge is 2.20. The van der Waals surface area contributed by atoms with Crippen LogP contribution >= 0.6 is 0 Å². The molecule has 0 unspecified atom stereocenters. The summed E-state index contributed by atoms with van der Waals surface area (Å²) in [6.45, 7) is 5.01. The molecule has 1 aliphatic heterocycles. The molecule has 0 spiro atoms. The molecule has 6 heteroatoms. The van der Waals surface area contributed by atoms with E-state index < -0.39 is 0 Å². The Morgan fingerprint density at radius 2 is 1.79 bits per heavy atom. The molecule has 1 heterocycles. The van der Waals surface area contributed by atoms with E-state index in [0.717, 1.165) is 30.5 Å². The molecule has 0 atom stereocenters. The summed E-state index contributed by atoms with van der Waals surface area (Å²) in [7, 11) is 6.70. The van der Waals surface area contributed by atoms with Gasteiger partial charge in [0.25, 0.3) is 0 Å². The Balaban J connectivity index is 2.10. The van der Waals surface area contributed by atoms with Crippen LogP contribution in [0, 0.1) is 5.92 Å². The highest BCUT2D eigenvalue weighted by molar-refractivity contribution is 5.80. The molecule has 134 valence electrons. The van der Waals surface area contributed by atoms with Crippen LogP contribution in [0.25, 0.3) is 0 Å². The number of aliphatic imine (C=N–C) groups is 1. The molecule has 0 radical (unpaired) electrons. The Labute approximate surface area is 144 Å². The summed E-state index contributed by atoms with van der Waals surface area (Å²) in [6.07, 6.45) is 2.42. The monoisotopic (exact) mass is 335 g/mol. The first-order valence-corrected chi connectivity index (χ1v) is 8.38. The topological polar surface area (TPSA) is 55.3 Å². The molecular formula is C18H29N3O3. The summed E-state index contributed by atoms with van der Waals surface area (Å²) < 4.78 is 16.3. The maximum Gasteiger partial charge on any atom is 0.203 e. The zero-order chi connectivity index (χ0) is 17.5. The third-order valence-corrected chi connectivity index (χ3v) is 4.52. The first-order valence-electron chi connectivity index (χ1n) is 8.38. The number of nitrogens with zero attached hydrogens (tertiary/aromatic N) is 2. The number of ether oxygens (including phenoxy) is 3. The normalized spacial score (nSPS) is 16.0. The second-order valence-corrected chi connectivity index (χ2v) is 6.06. The first-order chi connectivity index (χ1) is 11.6. The van der Waals surface area contributed by atoms with Gasteiger partial charge in [-0.25, -0.2) is 0 Å². The number of hydrogen-bond acceptors (Lipinski definition) is 4. The van der Waals surface area contributed by atoms with Gasteiger partial charge in [-0.05, 0) is 30.9 Å². The van der Waals surface area contributed by atoms with Gasteiger partial charge in [0.2, 0.25) is 5.75 Å². The van der Waals surface area contributed by atoms with Gasteiger partial charge in [-0.1, -0.05) is 6.92 Å². The molecule has 1 aromatic carbocycles. The zero-order valence-corrected chi connectivity index (χ0v) is 15.4. The van der Waals surface area contributed by atoms with Crippen LogP contribution in [0.4, 0.5) is 0 Å². The fourth-order valence-corrected chi connectivity index (χ4v) is 3.03. The zero-order valence-electron chi connectivity index (χ0n) is 15.4. The fourth-order valence-electron chi connectivity index (χ4n) is 3.03. The maximum absolute atomic E-state index is 5.54. The van der Waals surface area contributed by atoms with E-state index in [1.165, 1.54) is 12.8 Å². The predicted octanol–water partition coefficient (Wildman–Crippen LogP) is 2.52. The van der Waals surface area contributed by atoms with Crippen molar-refractivity contribution in [2.45, 2.75) is 26.3 Å². The molecule has 24 heavy (non-hydrogen) atoms. The average molecular weight is 335 g/mol. The summed E-state index contributed by atoms with van der Waals surface area (Å²) in [5.74, 6) is 3.68. The number of benzene rings is 1. The maximum atomic E-state index is 5.54. The molecule has 0 aromatic heterocycles. The van der Waals surface area contributed by atoms with Gasteiger partial charge in [0.05, 0.1) is 21.3 Å². The molecule has 2 rings (SSSR count). The number of nitrogens with one attached hydrogen (secondary N) is 1. The minimum absolute atomic E-state index is 0.612. The molecule has 6 nitrogen and oxygen atoms in total. The highest BCUT2D eigenvalue weighted by Crippen LogP contribution is 2.39. The van der Waals surface area contributed by atoms with Crippen molar-refractivity contribution in [1.82, 2.24) is 10.2 Å². The number of hydrogen-bond donors (Lipinski definition) is 1. The van der Waals surface area contributed by atoms with Crippen molar-refractivity contribution in [3.8, 4) is 17.2 Å². The van der Waals surface area contributed by atoms with Crippen LogP contribution in [0.15, 0.2) is 17.1 Å². The van der Waals surface area contributed by atoms with Gasteiger partial charge in [0, 0.05) is 32.2 Å². The fraction of sp³-hybridized carbons (Fsp3) is 0.611. The molecule has 0 amide bonds. The van der Waals surface area contributed by atoms with Gasteiger partial charge in [0.15, 0.2) is 17.5 Å². The minimum Gasteiger partial charge on any atom is -0.493 e. The van der Waals surface area contributed by atoms with Crippen LogP contribution in [0.5, 0.6) is 17.2 Å². The van der Waals surface area contributed by atoms with E-state index in [-0.39, 0.29) is 0 Å². The molecule has 1 fully saturated rings. The largest absolute Gasteiger partial charge is 0.493 e. The molecule has 1 aromatic rings. The van der Waals surface area contributed by atoms with E-state index in [1.54, 1.807) is 21.3 Å². The van der Waals surface area contributed by atoms with Crippen LogP contribution in [0.2, 0.25) is 0 Å². The van der Waals surface area contributed by atoms with Crippen molar-refractivity contribution >= 4 is 5.96 Å². The number of methoxy groups -OCH3 is 3. The van der Waals surface area contributed by atoms with Gasteiger partial charge >= 0.3 is 0 Å². The van der Waals surface area contributed by atoms with Gasteiger partial charge in [-0.2, -0.15) is 0 Å². The lowest BCUT2D eigenvalue weighted by Crippen LogP contribution is -2.45. The smallest absolute Gasteiger partial charge is 0.203 e. The van der Waals surface area contributed by atoms with Crippen LogP contribution in [0.3, 0.4) is 0 Å². The Hall–Kier alpha value is -2.11. The minimum atomic E-state index is 0.612. The van der Waals surface area contributed by atoms with E-state index in [0.29, 0.717) is 23.8 Å². The molecule has 1 N–H and O–H groups in total. The van der Waals surface area contributed by atoms with Crippen molar-refractivity contribution in [2.24, 2.45) is 10.9 Å². The predicted molar refractivity (Wildman–Crippen MR) is 96.3 cm³/mol. The van der Waals surface area contributed by atoms with Crippen molar-refractivity contribution < 1.29 is 14.2 Å². The molecule has 0 bridgehead atoms. The average Bonchev–Trinajstić information content (AvgIpc) is 2.62. The molecule has 0 saturated carbocycles. The Morgan fingerprint density at radius 3 is 2.33 bits per heavy atom. The Kier molecular flexibility index (Phi) is 6.58. The highest BCUT2D eigenvalue weighted by atomic mass is 16.5. The van der Waals surface area contributed by atoms with Gasteiger partial charge in [-0.3, -0.25) is 4.99 Å². The van der Waals surface area contributed by atoms with Crippen molar-refractivity contribution in [3.63, 3.8) is 0 Å². The Morgan fingerprint density at radius 1 is 1.12 bits per heavy atom. The second-order valence-electron chi connectivity index (χ2n) is 6.06. The summed E-state index contributed by atoms with van der Waals surface area (Å²) in [5, 5.41) is 3.43. The quantitative estimate of drug-likeness (QED) is 0.662. The van der Waals surface area contributed by atoms with Crippen molar-refractivity contribution in [2.75, 3.05) is 41.5 Å². The van der Waals surface area contributed by atoms with Crippen molar-refractivity contribution in [3.05, 3.63) is 17.7 Å². The first kappa shape index (κ1) is 18.2. The number of piperidine rings is 1. The standard InChI is InChI=1S/C18H29N3O3/c1-13-8-10-21(11-9-13)18(19-2)20-12-14-6-7-15(22-3)17(24-5)16(14)23-4/h6-7,13H,8-12H2,1-5H3,(H,19,20). The third kappa shape index (κ3) is 4.04. The number of likely N-dealkylation sites (tertiary alicyclic amines) is 1. The van der Waals surface area contributed by atoms with E-state index in [9.17, 15) is 0 Å². The number of guanidine groups is 1. The third-order valence-electron chi connectivity index (χ3n) is 4.52. The lowest BCUT2D eigenvalue weighted by molar-refractivity contribution is 0.273. The van der Waals surface area contributed by atoms with Crippen LogP contribution in [-0.2, 0) is 6.54 Å². The van der Waals surface area contributed by atoms with Gasteiger partial charge in [-0.15, -0.1) is 0 Å². The van der Waals surface area contributed by atoms with Crippen molar-refractivity contribution in [1.29, 1.82) is 0 Å². The van der Waals surface area contributed by atoms with E-state index >= 15 is 0 Å². The molecule has 1 aliphatic rings. The lowest BCUT2D eigenvalue weighted by Gasteiger charge is -2.33. The summed E-state index contributed by atoms with van der Waals surface area (Å²) in [6, 6.07) is 3.88. The van der Waals surface area contributed by atoms with E-state index in [4.69, 9.17) is 14.2 Å². The van der Waals surface area contributed by atoms with Crippen LogP contribution in [0.1, 0.15) is 25.3 Å². The van der Waals surface area contributed by atoms with Crippen LogP contribution < -0.4 is 19.5 Å². The molecular weight excluding hydrogens is 306 g/mol. The number of rotatable bonds is 5. The molecule has 1 saturated heterocycles. The summed E-state index contributed by atoms with van der Waals surface area (Å²) >= 11 is 0. The Bertz CT molecular complexity index is 567. The van der Waals surface area contributed by atoms with E-state index in [2.05, 4.69) is 22.1 Å². The summed E-state index contributed by atoms with van der Waals surface area (Å²) in [4.78, 5) is 6.73.